The molecule has 2 saturated carbocycles. The van der Waals surface area contributed by atoms with Gasteiger partial charge in [0.1, 0.15) is 47.6 Å². The molecule has 7 aromatic rings. The molecular weight excluding hydrogens is 997 g/mol. The molecule has 366 valence electrons. The Kier molecular flexibility index (Phi) is 11.2. The van der Waals surface area contributed by atoms with Gasteiger partial charge in [-0.3, -0.25) is 28.2 Å². The Morgan fingerprint density at radius 2 is 1.67 bits per heavy atom. The van der Waals surface area contributed by atoms with E-state index in [9.17, 15) is 52.7 Å². The summed E-state index contributed by atoms with van der Waals surface area (Å²) < 4.78 is 190. The zero-order chi connectivity index (χ0) is 49.9. The fraction of sp³-hybridized carbons (Fsp3) is 0.326. The van der Waals surface area contributed by atoms with Crippen LogP contribution in [0.25, 0.3) is 38.9 Å². The first kappa shape index (κ1) is 47.0. The normalized spacial score (nSPS) is 17.9. The summed E-state index contributed by atoms with van der Waals surface area (Å²) in [7, 11) is -4.16. The van der Waals surface area contributed by atoms with Gasteiger partial charge in [0.05, 0.1) is 43.8 Å². The zero-order valence-electron chi connectivity index (χ0n) is 35.1. The minimum atomic E-state index is -4.92. The Bertz CT molecular complexity index is 3470. The minimum Gasteiger partial charge on any atom is -0.344 e. The fourth-order valence-corrected chi connectivity index (χ4v) is 10.5. The third-order valence-corrected chi connectivity index (χ3v) is 14.3. The molecule has 2 fully saturated rings. The van der Waals surface area contributed by atoms with Crippen LogP contribution >= 0.6 is 11.6 Å². The largest absolute Gasteiger partial charge is 0.433 e. The number of aromatic nitrogens is 8. The van der Waals surface area contributed by atoms with Crippen molar-refractivity contribution in [3.63, 3.8) is 0 Å². The van der Waals surface area contributed by atoms with Crippen molar-refractivity contribution in [3.8, 4) is 17.1 Å². The number of benzene rings is 3. The summed E-state index contributed by atoms with van der Waals surface area (Å²) in [4.78, 5) is 41.5. The van der Waals surface area contributed by atoms with Gasteiger partial charge < -0.3 is 5.32 Å². The predicted molar refractivity (Wildman–Crippen MR) is 226 cm³/mol. The van der Waals surface area contributed by atoms with E-state index in [0.717, 1.165) is 47.2 Å². The van der Waals surface area contributed by atoms with E-state index in [0.29, 0.717) is 21.5 Å². The van der Waals surface area contributed by atoms with Crippen molar-refractivity contribution in [2.75, 3.05) is 4.72 Å². The molecule has 27 heteroatoms. The first-order valence-corrected chi connectivity index (χ1v) is 22.9. The van der Waals surface area contributed by atoms with E-state index < -0.39 is 152 Å². The number of anilines is 1. The van der Waals surface area contributed by atoms with Crippen LogP contribution in [0.5, 0.6) is 0 Å². The first-order valence-electron chi connectivity index (χ1n) is 21.0. The minimum absolute atomic E-state index is 0.0985. The van der Waals surface area contributed by atoms with Crippen LogP contribution in [0.4, 0.5) is 54.1 Å². The summed E-state index contributed by atoms with van der Waals surface area (Å²) in [5.74, 6) is -11.1. The lowest BCUT2D eigenvalue weighted by atomic mass is 10.0. The van der Waals surface area contributed by atoms with E-state index in [1.807, 2.05) is 0 Å². The molecule has 0 radical (unpaired) electrons. The molecule has 0 unspecified atom stereocenters. The van der Waals surface area contributed by atoms with E-state index in [2.05, 4.69) is 35.2 Å². The van der Waals surface area contributed by atoms with Gasteiger partial charge in [-0.2, -0.15) is 32.1 Å². The molecule has 3 atom stereocenters. The van der Waals surface area contributed by atoms with Crippen molar-refractivity contribution in [1.29, 1.82) is 0 Å². The molecule has 2 N–H and O–H groups in total. The summed E-state index contributed by atoms with van der Waals surface area (Å²) >= 11 is 6.63. The van der Waals surface area contributed by atoms with Crippen molar-refractivity contribution >= 4 is 55.2 Å². The van der Waals surface area contributed by atoms with Gasteiger partial charge in [0.15, 0.2) is 11.6 Å². The molecule has 3 aliphatic rings. The third-order valence-electron chi connectivity index (χ3n) is 12.1. The van der Waals surface area contributed by atoms with Crippen molar-refractivity contribution < 1.29 is 61.5 Å². The lowest BCUT2D eigenvalue weighted by Gasteiger charge is -2.24. The molecule has 4 aromatic heterocycles. The SMILES string of the molecule is O=C(Cn1nc(C(F)F)c2c1C(F)(F)[C@@H]1C[C@H]21)N[C@@H](Cc1cc(F)cc(F)c1)c1nc2cc(-c3nccc(C(F)(F)F)n3)ccc2c(=O)n1-c1ccc(Cl)c2c(NS(=O)(=O)C3CC3)nn(CC(F)F)c12. The molecule has 70 heavy (non-hydrogen) atoms. The number of carbonyl (C=O) groups excluding carboxylic acids is 1. The Morgan fingerprint density at radius 1 is 0.943 bits per heavy atom. The average molecular weight is 1030 g/mol. The number of hydrogen-bond donors (Lipinski definition) is 2. The average Bonchev–Trinajstić information content (AvgIpc) is 4.20. The van der Waals surface area contributed by atoms with Gasteiger partial charge in [-0.1, -0.05) is 17.7 Å². The number of amides is 1. The number of fused-ring (bicyclic) bond motifs is 5. The van der Waals surface area contributed by atoms with Crippen LogP contribution in [0.2, 0.25) is 5.02 Å². The van der Waals surface area contributed by atoms with E-state index >= 15 is 13.6 Å². The van der Waals surface area contributed by atoms with Crippen molar-refractivity contribution in [2.45, 2.75) is 80.9 Å². The van der Waals surface area contributed by atoms with Gasteiger partial charge >= 0.3 is 6.18 Å². The van der Waals surface area contributed by atoms with Gasteiger partial charge in [0.2, 0.25) is 15.9 Å². The van der Waals surface area contributed by atoms with Crippen LogP contribution in [0.3, 0.4) is 0 Å². The monoisotopic (exact) mass is 1030 g/mol. The van der Waals surface area contributed by atoms with Crippen LogP contribution in [0, 0.1) is 17.6 Å². The maximum absolute atomic E-state index is 15.6. The molecule has 1 amide bonds. The van der Waals surface area contributed by atoms with E-state index in [4.69, 9.17) is 11.6 Å². The second-order valence-electron chi connectivity index (χ2n) is 16.9. The standard InChI is InChI=1S/C43H30ClF11N10O4S/c44-25-5-6-28(35-33(25)39(61-63(35)15-30(47)48)62-70(68,69)21-2-3-21)65-40(58-26-12-18(1-4-22(26)41(65)67)38-56-8-7-29(59-38)43(53,54)55)27(11-17-9-19(45)13-20(46)10-17)57-31(66)16-64-36-32(34(60-64)37(49)50)23-14-24(23)42(36,51)52/h1,4-10,12-13,21,23-24,27,30,37H,2-3,11,14-16H2,(H,57,66)(H,61,62)/t23-,24+,27-/m0/s1. The van der Waals surface area contributed by atoms with E-state index in [1.54, 1.807) is 0 Å². The van der Waals surface area contributed by atoms with Gasteiger partial charge in [-0.15, -0.1) is 0 Å². The molecule has 10 rings (SSSR count). The molecule has 3 aromatic carbocycles. The second-order valence-corrected chi connectivity index (χ2v) is 19.3. The lowest BCUT2D eigenvalue weighted by Crippen LogP contribution is -2.38. The summed E-state index contributed by atoms with van der Waals surface area (Å²) in [6.07, 6.45) is -10.8. The summed E-state index contributed by atoms with van der Waals surface area (Å²) in [5, 5.41) is 8.52. The highest BCUT2D eigenvalue weighted by Gasteiger charge is 2.67. The number of sulfonamides is 1. The van der Waals surface area contributed by atoms with E-state index in [1.165, 1.54) is 6.07 Å². The molecular formula is C43H30ClF11N10O4S. The molecule has 14 nitrogen and oxygen atoms in total. The van der Waals surface area contributed by atoms with Crippen LogP contribution < -0.4 is 15.6 Å². The predicted octanol–water partition coefficient (Wildman–Crippen LogP) is 8.76. The quantitative estimate of drug-likeness (QED) is 0.101. The van der Waals surface area contributed by atoms with Crippen LogP contribution in [-0.2, 0) is 46.4 Å². The molecule has 3 aliphatic carbocycles. The lowest BCUT2D eigenvalue weighted by molar-refractivity contribution is -0.141. The Morgan fingerprint density at radius 3 is 2.34 bits per heavy atom. The number of alkyl halides is 9. The number of nitrogens with zero attached hydrogens (tertiary/aromatic N) is 8. The fourth-order valence-electron chi connectivity index (χ4n) is 8.96. The van der Waals surface area contributed by atoms with Crippen molar-refractivity contribution in [3.05, 3.63) is 122 Å². The molecule has 0 saturated heterocycles. The van der Waals surface area contributed by atoms with Gasteiger partial charge in [-0.25, -0.2) is 49.7 Å². The number of rotatable bonds is 14. The van der Waals surface area contributed by atoms with E-state index in [-0.39, 0.29) is 51.7 Å². The Labute approximate surface area is 390 Å². The second kappa shape index (κ2) is 16.7. The Balaban J connectivity index is 1.20. The number of halogens is 12. The highest BCUT2D eigenvalue weighted by Crippen LogP contribution is 2.68. The number of carbonyl (C=O) groups is 1. The first-order chi connectivity index (χ1) is 33.0. The highest BCUT2D eigenvalue weighted by atomic mass is 35.5. The number of nitrogens with one attached hydrogen (secondary N) is 2. The molecule has 4 heterocycles. The maximum Gasteiger partial charge on any atom is 0.433 e. The molecule has 0 aliphatic heterocycles. The van der Waals surface area contributed by atoms with Crippen LogP contribution in [0.1, 0.15) is 71.7 Å². The topological polar surface area (TPSA) is 172 Å². The van der Waals surface area contributed by atoms with Gasteiger partial charge in [-0.05, 0) is 73.2 Å². The summed E-state index contributed by atoms with van der Waals surface area (Å²) in [6, 6.07) is 6.58. The van der Waals surface area contributed by atoms with Gasteiger partial charge in [0, 0.05) is 35.7 Å². The molecule has 0 spiro atoms. The smallest absolute Gasteiger partial charge is 0.344 e. The zero-order valence-corrected chi connectivity index (χ0v) is 36.7. The summed E-state index contributed by atoms with van der Waals surface area (Å²) in [5.41, 5.74) is -6.24. The number of hydrogen-bond acceptors (Lipinski definition) is 9. The van der Waals surface area contributed by atoms with Crippen LogP contribution in [-0.4, -0.2) is 65.1 Å². The maximum atomic E-state index is 15.6. The third kappa shape index (κ3) is 8.36. The molecule has 0 bridgehead atoms. The van der Waals surface area contributed by atoms with Crippen LogP contribution in [0.15, 0.2) is 65.6 Å². The van der Waals surface area contributed by atoms with Crippen molar-refractivity contribution in [1.82, 2.24) is 44.4 Å². The van der Waals surface area contributed by atoms with Gasteiger partial charge in [0.25, 0.3) is 24.3 Å². The van der Waals surface area contributed by atoms with Crippen molar-refractivity contribution in [2.24, 2.45) is 5.92 Å². The summed E-state index contributed by atoms with van der Waals surface area (Å²) in [6.45, 7) is -2.39. The highest BCUT2D eigenvalue weighted by molar-refractivity contribution is 7.93. The Hall–Kier alpha value is -6.70.